The molecule has 0 radical (unpaired) electrons. The molecule has 4 heteroatoms. The summed E-state index contributed by atoms with van der Waals surface area (Å²) in [6.45, 7) is 10.1. The van der Waals surface area contributed by atoms with Gasteiger partial charge in [0.05, 0.1) is 5.69 Å². The van der Waals surface area contributed by atoms with Crippen LogP contribution in [0.25, 0.3) is 6.08 Å². The van der Waals surface area contributed by atoms with E-state index in [2.05, 4.69) is 25.9 Å². The molecular weight excluding hydrogens is 294 g/mol. The summed E-state index contributed by atoms with van der Waals surface area (Å²) < 4.78 is 5.16. The fourth-order valence-corrected chi connectivity index (χ4v) is 3.15. The Kier molecular flexibility index (Phi) is 4.91. The zero-order valence-corrected chi connectivity index (χ0v) is 14.5. The topological polar surface area (TPSA) is 43.1 Å². The molecule has 1 aromatic carbocycles. The Morgan fingerprint density at radius 2 is 1.91 bits per heavy atom. The van der Waals surface area contributed by atoms with Gasteiger partial charge in [0.25, 0.3) is 0 Å². The van der Waals surface area contributed by atoms with E-state index in [1.807, 2.05) is 38.1 Å². The van der Waals surface area contributed by atoms with Gasteiger partial charge in [-0.1, -0.05) is 38.1 Å². The molecule has 0 aliphatic carbocycles. The van der Waals surface area contributed by atoms with Crippen LogP contribution in [0.4, 0.5) is 0 Å². The maximum absolute atomic E-state index is 12.5. The van der Waals surface area contributed by atoms with Crippen LogP contribution >= 0.6 is 11.8 Å². The Labute approximate surface area is 135 Å². The number of hydrogen-bond acceptors (Lipinski definition) is 4. The highest BCUT2D eigenvalue weighted by atomic mass is 32.2. The van der Waals surface area contributed by atoms with Crippen LogP contribution in [0.1, 0.15) is 48.1 Å². The van der Waals surface area contributed by atoms with Gasteiger partial charge in [0.2, 0.25) is 0 Å². The Balaban J connectivity index is 2.27. The maximum atomic E-state index is 12.5. The molecule has 1 aromatic heterocycles. The second-order valence-corrected chi connectivity index (χ2v) is 8.01. The largest absolute Gasteiger partial charge is 0.361 e. The van der Waals surface area contributed by atoms with Crippen molar-refractivity contribution >= 4 is 23.6 Å². The van der Waals surface area contributed by atoms with Gasteiger partial charge in [-0.25, -0.2) is 0 Å². The van der Waals surface area contributed by atoms with Crippen LogP contribution in [-0.4, -0.2) is 15.7 Å². The molecule has 0 spiro atoms. The number of hydrogen-bond donors (Lipinski definition) is 0. The standard InChI is InChI=1S/C18H21NO2S/c1-12-14(13(2)21-19-12)10-11-16(20)15-8-6-7-9-17(15)22-18(3,4)5/h6-11H,1-5H3/b11-10+. The molecule has 3 nitrogen and oxygen atoms in total. The third-order valence-electron chi connectivity index (χ3n) is 3.06. The lowest BCUT2D eigenvalue weighted by atomic mass is 10.1. The summed E-state index contributed by atoms with van der Waals surface area (Å²) in [5.41, 5.74) is 2.39. The van der Waals surface area contributed by atoms with E-state index >= 15 is 0 Å². The first-order valence-corrected chi connectivity index (χ1v) is 8.03. The molecule has 116 valence electrons. The van der Waals surface area contributed by atoms with Crippen LogP contribution in [0.3, 0.4) is 0 Å². The SMILES string of the molecule is Cc1noc(C)c1/C=C/C(=O)c1ccccc1SC(C)(C)C. The molecule has 2 aromatic rings. The highest BCUT2D eigenvalue weighted by molar-refractivity contribution is 8.00. The predicted octanol–water partition coefficient (Wildman–Crippen LogP) is 5.08. The monoisotopic (exact) mass is 315 g/mol. The lowest BCUT2D eigenvalue weighted by molar-refractivity contribution is 0.104. The fraction of sp³-hybridized carbons (Fsp3) is 0.333. The van der Waals surface area contributed by atoms with Crippen molar-refractivity contribution in [2.75, 3.05) is 0 Å². The number of carbonyl (C=O) groups is 1. The first kappa shape index (κ1) is 16.6. The van der Waals surface area contributed by atoms with Crippen molar-refractivity contribution in [3.63, 3.8) is 0 Å². The fourth-order valence-electron chi connectivity index (χ4n) is 2.07. The molecule has 0 bridgehead atoms. The number of thioether (sulfide) groups is 1. The summed E-state index contributed by atoms with van der Waals surface area (Å²) in [5, 5.41) is 3.89. The molecule has 1 heterocycles. The van der Waals surface area contributed by atoms with E-state index in [0.29, 0.717) is 0 Å². The number of aromatic nitrogens is 1. The minimum Gasteiger partial charge on any atom is -0.361 e. The highest BCUT2D eigenvalue weighted by Crippen LogP contribution is 2.34. The van der Waals surface area contributed by atoms with Gasteiger partial charge in [-0.3, -0.25) is 4.79 Å². The molecule has 0 N–H and O–H groups in total. The van der Waals surface area contributed by atoms with Crippen LogP contribution in [0.2, 0.25) is 0 Å². The normalized spacial score (nSPS) is 12.0. The Morgan fingerprint density at radius 1 is 1.23 bits per heavy atom. The molecular formula is C18H21NO2S. The molecule has 0 aliphatic rings. The molecule has 0 aliphatic heterocycles. The minimum absolute atomic E-state index is 0.00708. The third kappa shape index (κ3) is 4.10. The number of nitrogens with zero attached hydrogens (tertiary/aromatic N) is 1. The second-order valence-electron chi connectivity index (χ2n) is 6.15. The minimum atomic E-state index is -0.00708. The van der Waals surface area contributed by atoms with Gasteiger partial charge < -0.3 is 4.52 Å². The maximum Gasteiger partial charge on any atom is 0.186 e. The molecule has 0 saturated carbocycles. The molecule has 0 amide bonds. The third-order valence-corrected chi connectivity index (χ3v) is 4.25. The van der Waals surface area contributed by atoms with Gasteiger partial charge in [-0.2, -0.15) is 0 Å². The summed E-state index contributed by atoms with van der Waals surface area (Å²) in [4.78, 5) is 13.5. The number of benzene rings is 1. The van der Waals surface area contributed by atoms with E-state index in [9.17, 15) is 4.79 Å². The Hall–Kier alpha value is -1.81. The van der Waals surface area contributed by atoms with Crippen molar-refractivity contribution in [1.29, 1.82) is 0 Å². The number of allylic oxidation sites excluding steroid dienone is 1. The second kappa shape index (κ2) is 6.53. The van der Waals surface area contributed by atoms with Crippen molar-refractivity contribution in [2.45, 2.75) is 44.3 Å². The molecule has 0 saturated heterocycles. The molecule has 0 atom stereocenters. The van der Waals surface area contributed by atoms with E-state index < -0.39 is 0 Å². The summed E-state index contributed by atoms with van der Waals surface area (Å²) in [5.74, 6) is 0.714. The summed E-state index contributed by atoms with van der Waals surface area (Å²) in [6, 6.07) is 7.72. The average Bonchev–Trinajstić information content (AvgIpc) is 2.74. The van der Waals surface area contributed by atoms with Gasteiger partial charge in [0.15, 0.2) is 5.78 Å². The zero-order chi connectivity index (χ0) is 16.3. The van der Waals surface area contributed by atoms with Gasteiger partial charge >= 0.3 is 0 Å². The lowest BCUT2D eigenvalue weighted by Gasteiger charge is -2.19. The van der Waals surface area contributed by atoms with E-state index in [1.54, 1.807) is 23.9 Å². The molecule has 0 fully saturated rings. The highest BCUT2D eigenvalue weighted by Gasteiger charge is 2.17. The van der Waals surface area contributed by atoms with Gasteiger partial charge in [0, 0.05) is 20.8 Å². The predicted molar refractivity (Wildman–Crippen MR) is 91.4 cm³/mol. The first-order chi connectivity index (χ1) is 10.3. The van der Waals surface area contributed by atoms with E-state index in [4.69, 9.17) is 4.52 Å². The molecule has 22 heavy (non-hydrogen) atoms. The van der Waals surface area contributed by atoms with Crippen LogP contribution < -0.4 is 0 Å². The van der Waals surface area contributed by atoms with E-state index in [0.717, 1.165) is 27.5 Å². The van der Waals surface area contributed by atoms with Crippen LogP contribution in [0.5, 0.6) is 0 Å². The first-order valence-electron chi connectivity index (χ1n) is 7.21. The Morgan fingerprint density at radius 3 is 2.50 bits per heavy atom. The van der Waals surface area contributed by atoms with E-state index in [1.165, 1.54) is 0 Å². The van der Waals surface area contributed by atoms with Crippen LogP contribution in [0, 0.1) is 13.8 Å². The molecule has 0 unspecified atom stereocenters. The zero-order valence-electron chi connectivity index (χ0n) is 13.6. The van der Waals surface area contributed by atoms with Crippen molar-refractivity contribution in [2.24, 2.45) is 0 Å². The number of aryl methyl sites for hydroxylation is 2. The van der Waals surface area contributed by atoms with E-state index in [-0.39, 0.29) is 10.5 Å². The Bertz CT molecular complexity index is 689. The number of rotatable bonds is 4. The van der Waals surface area contributed by atoms with Gasteiger partial charge in [-0.15, -0.1) is 11.8 Å². The summed E-state index contributed by atoms with van der Waals surface area (Å²) >= 11 is 1.70. The van der Waals surface area contributed by atoms with Crippen molar-refractivity contribution < 1.29 is 9.32 Å². The number of ketones is 1. The van der Waals surface area contributed by atoms with Gasteiger partial charge in [-0.05, 0) is 38.1 Å². The molecule has 2 rings (SSSR count). The average molecular weight is 315 g/mol. The quantitative estimate of drug-likeness (QED) is 0.448. The lowest BCUT2D eigenvalue weighted by Crippen LogP contribution is -2.08. The van der Waals surface area contributed by atoms with Crippen molar-refractivity contribution in [1.82, 2.24) is 5.16 Å². The summed E-state index contributed by atoms with van der Waals surface area (Å²) in [7, 11) is 0. The summed E-state index contributed by atoms with van der Waals surface area (Å²) in [6.07, 6.45) is 3.37. The van der Waals surface area contributed by atoms with Crippen LogP contribution in [-0.2, 0) is 0 Å². The number of carbonyl (C=O) groups excluding carboxylic acids is 1. The van der Waals surface area contributed by atoms with Gasteiger partial charge in [0.1, 0.15) is 5.76 Å². The van der Waals surface area contributed by atoms with Crippen molar-refractivity contribution in [3.05, 3.63) is 52.9 Å². The van der Waals surface area contributed by atoms with Crippen molar-refractivity contribution in [3.8, 4) is 0 Å². The van der Waals surface area contributed by atoms with Crippen LogP contribution in [0.15, 0.2) is 39.8 Å². The smallest absolute Gasteiger partial charge is 0.186 e.